The number of ether oxygens (including phenoxy) is 6. The maximum absolute atomic E-state index is 13.1. The fourth-order valence-corrected chi connectivity index (χ4v) is 10.0. The molecule has 22 nitrogen and oxygen atoms in total. The average molecular weight is 1110 g/mol. The summed E-state index contributed by atoms with van der Waals surface area (Å²) in [4.78, 5) is 82.0. The van der Waals surface area contributed by atoms with Crippen LogP contribution < -0.4 is 21.3 Å². The number of hydrogen-bond acceptors (Lipinski definition) is 16. The van der Waals surface area contributed by atoms with E-state index in [1.165, 1.54) is 0 Å². The molecule has 432 valence electrons. The van der Waals surface area contributed by atoms with E-state index >= 15 is 0 Å². The molecule has 0 atom stereocenters. The van der Waals surface area contributed by atoms with Gasteiger partial charge in [-0.25, -0.2) is 9.59 Å². The summed E-state index contributed by atoms with van der Waals surface area (Å²) in [7, 11) is 0. The van der Waals surface area contributed by atoms with Crippen molar-refractivity contribution in [3.05, 3.63) is 119 Å². The van der Waals surface area contributed by atoms with E-state index in [0.29, 0.717) is 52.4 Å². The Bertz CT molecular complexity index is 2360. The first-order valence-electron chi connectivity index (χ1n) is 27.4. The van der Waals surface area contributed by atoms with Gasteiger partial charge in [-0.2, -0.15) is 0 Å². The van der Waals surface area contributed by atoms with Gasteiger partial charge in [-0.15, -0.1) is 0 Å². The molecule has 1 aliphatic heterocycles. The SMILES string of the molecule is O=C(O)CN1CCN(CC(=O)NCCOCCOCCNC(=O)OCC2c3ccccc3-c3ccccc32)CCN(CC(=O)O)CCN(CC(=O)NCCOCCOCCNC(=O)OCC2c3ccccc3-c3ccccc32)CC1. The first-order chi connectivity index (χ1) is 39.0. The van der Waals surface area contributed by atoms with Gasteiger partial charge in [0, 0.05) is 90.4 Å². The van der Waals surface area contributed by atoms with Gasteiger partial charge in [0.15, 0.2) is 0 Å². The maximum Gasteiger partial charge on any atom is 0.407 e. The lowest BCUT2D eigenvalue weighted by molar-refractivity contribution is -0.139. The van der Waals surface area contributed by atoms with Crippen LogP contribution in [0.15, 0.2) is 97.1 Å². The second kappa shape index (κ2) is 32.9. The van der Waals surface area contributed by atoms with Crippen molar-refractivity contribution in [2.45, 2.75) is 11.8 Å². The number of amides is 4. The predicted octanol–water partition coefficient (Wildman–Crippen LogP) is 2.75. The van der Waals surface area contributed by atoms with E-state index in [4.69, 9.17) is 28.4 Å². The van der Waals surface area contributed by atoms with E-state index in [1.807, 2.05) is 58.3 Å². The zero-order valence-electron chi connectivity index (χ0n) is 45.4. The molecule has 1 fully saturated rings. The third-order valence-electron chi connectivity index (χ3n) is 14.0. The molecule has 0 aromatic heterocycles. The van der Waals surface area contributed by atoms with Gasteiger partial charge < -0.3 is 59.9 Å². The lowest BCUT2D eigenvalue weighted by Crippen LogP contribution is -2.50. The fraction of sp³-hybridized carbons (Fsp3) is 0.483. The molecule has 0 radical (unpaired) electrons. The average Bonchev–Trinajstić information content (AvgIpc) is 4.01. The molecule has 3 aliphatic rings. The number of fused-ring (bicyclic) bond motifs is 6. The van der Waals surface area contributed by atoms with Gasteiger partial charge in [-0.1, -0.05) is 97.1 Å². The molecular formula is C58H76N8O14. The van der Waals surface area contributed by atoms with Crippen molar-refractivity contribution in [1.82, 2.24) is 40.9 Å². The molecule has 0 saturated carbocycles. The zero-order valence-corrected chi connectivity index (χ0v) is 45.4. The Hall–Kier alpha value is -7.02. The van der Waals surface area contributed by atoms with Crippen molar-refractivity contribution < 1.29 is 67.4 Å². The standard InChI is InChI=1S/C58H76N8O14/c67-53(59-17-29-75-33-35-77-31-19-61-57(73)79-41-51-47-13-5-1-9-43(47)44-10-2-6-14-48(44)51)37-63-21-25-65(39-55(69)70)27-23-64(24-28-66(26-22-63)40-56(71)72)38-54(68)60-18-30-76-34-36-78-32-20-62-58(74)80-42-52-49-15-7-3-11-45(49)46-12-4-8-16-50(46)52/h1-16,51-52H,17-42H2,(H,59,67)(H,60,68)(H,61,73)(H,62,74)(H,69,70)(H,71,72). The molecule has 22 heteroatoms. The lowest BCUT2D eigenvalue weighted by atomic mass is 9.98. The summed E-state index contributed by atoms with van der Waals surface area (Å²) in [5, 5.41) is 30.6. The number of aliphatic carboxylic acids is 2. The number of nitrogens with one attached hydrogen (secondary N) is 4. The number of carboxylic acid groups (broad SMARTS) is 2. The van der Waals surface area contributed by atoms with Crippen molar-refractivity contribution in [3.8, 4) is 22.3 Å². The Balaban J connectivity index is 0.713. The normalized spacial score (nSPS) is 15.3. The van der Waals surface area contributed by atoms with Gasteiger partial charge in [-0.05, 0) is 44.5 Å². The second-order valence-electron chi connectivity index (χ2n) is 19.5. The van der Waals surface area contributed by atoms with Crippen molar-refractivity contribution in [2.75, 3.05) is 171 Å². The minimum absolute atomic E-state index is 0.00778. The first kappa shape index (κ1) is 60.6. The lowest BCUT2D eigenvalue weighted by Gasteiger charge is -2.33. The van der Waals surface area contributed by atoms with E-state index in [0.717, 1.165) is 44.5 Å². The molecule has 4 amide bonds. The molecule has 7 rings (SSSR count). The molecule has 0 bridgehead atoms. The molecular weight excluding hydrogens is 1030 g/mol. The number of carbonyl (C=O) groups excluding carboxylic acids is 4. The van der Waals surface area contributed by atoms with Gasteiger partial charge in [0.1, 0.15) is 13.2 Å². The van der Waals surface area contributed by atoms with Crippen LogP contribution in [0.4, 0.5) is 9.59 Å². The Morgan fingerprint density at radius 2 is 0.637 bits per heavy atom. The third kappa shape index (κ3) is 19.7. The highest BCUT2D eigenvalue weighted by molar-refractivity contribution is 5.81. The minimum atomic E-state index is -1.01. The van der Waals surface area contributed by atoms with Gasteiger partial charge in [0.2, 0.25) is 11.8 Å². The van der Waals surface area contributed by atoms with Crippen LogP contribution in [0.5, 0.6) is 0 Å². The molecule has 0 spiro atoms. The van der Waals surface area contributed by atoms with Crippen LogP contribution in [0.25, 0.3) is 22.3 Å². The molecule has 1 heterocycles. The van der Waals surface area contributed by atoms with Gasteiger partial charge >= 0.3 is 24.1 Å². The summed E-state index contributed by atoms with van der Waals surface area (Å²) >= 11 is 0. The Morgan fingerprint density at radius 3 is 0.925 bits per heavy atom. The van der Waals surface area contributed by atoms with E-state index < -0.39 is 24.1 Å². The van der Waals surface area contributed by atoms with Crippen LogP contribution in [0.1, 0.15) is 34.1 Å². The van der Waals surface area contributed by atoms with Crippen molar-refractivity contribution in [3.63, 3.8) is 0 Å². The first-order valence-corrected chi connectivity index (χ1v) is 27.4. The summed E-state index contributed by atoms with van der Waals surface area (Å²) in [6.07, 6.45) is -1.04. The summed E-state index contributed by atoms with van der Waals surface area (Å²) in [5.74, 6) is -2.60. The number of carboxylic acids is 2. The Morgan fingerprint density at radius 1 is 0.375 bits per heavy atom. The van der Waals surface area contributed by atoms with Gasteiger partial charge in [-0.3, -0.25) is 38.8 Å². The smallest absolute Gasteiger partial charge is 0.407 e. The zero-order chi connectivity index (χ0) is 56.3. The van der Waals surface area contributed by atoms with Crippen LogP contribution in [0, 0.1) is 0 Å². The van der Waals surface area contributed by atoms with Gasteiger partial charge in [0.05, 0.1) is 79.0 Å². The van der Waals surface area contributed by atoms with E-state index in [1.54, 1.807) is 9.80 Å². The maximum atomic E-state index is 13.1. The van der Waals surface area contributed by atoms with Crippen LogP contribution in [0.2, 0.25) is 0 Å². The summed E-state index contributed by atoms with van der Waals surface area (Å²) in [5.41, 5.74) is 9.19. The van der Waals surface area contributed by atoms with Crippen LogP contribution in [-0.4, -0.2) is 237 Å². The number of alkyl carbamates (subject to hydrolysis) is 2. The van der Waals surface area contributed by atoms with Gasteiger partial charge in [0.25, 0.3) is 0 Å². The topological polar surface area (TPSA) is 259 Å². The monoisotopic (exact) mass is 1110 g/mol. The van der Waals surface area contributed by atoms with E-state index in [2.05, 4.69) is 69.8 Å². The Kier molecular flexibility index (Phi) is 24.9. The summed E-state index contributed by atoms with van der Waals surface area (Å²) in [6, 6.07) is 32.6. The highest BCUT2D eigenvalue weighted by Crippen LogP contribution is 2.45. The molecule has 4 aromatic carbocycles. The fourth-order valence-electron chi connectivity index (χ4n) is 10.0. The van der Waals surface area contributed by atoms with E-state index in [9.17, 15) is 39.0 Å². The number of nitrogens with zero attached hydrogens (tertiary/aromatic N) is 4. The molecule has 0 unspecified atom stereocenters. The predicted molar refractivity (Wildman–Crippen MR) is 296 cm³/mol. The van der Waals surface area contributed by atoms with Crippen molar-refractivity contribution in [1.29, 1.82) is 0 Å². The minimum Gasteiger partial charge on any atom is -0.480 e. The van der Waals surface area contributed by atoms with Crippen LogP contribution >= 0.6 is 0 Å². The third-order valence-corrected chi connectivity index (χ3v) is 14.0. The number of hydrogen-bond donors (Lipinski definition) is 6. The molecule has 4 aromatic rings. The van der Waals surface area contributed by atoms with E-state index in [-0.39, 0.29) is 142 Å². The Labute approximate surface area is 466 Å². The number of benzene rings is 4. The second-order valence-corrected chi connectivity index (χ2v) is 19.5. The highest BCUT2D eigenvalue weighted by atomic mass is 16.6. The molecule has 80 heavy (non-hydrogen) atoms. The summed E-state index contributed by atoms with van der Waals surface area (Å²) < 4.78 is 33.5. The van der Waals surface area contributed by atoms with Crippen molar-refractivity contribution >= 4 is 35.9 Å². The molecule has 1 saturated heterocycles. The largest absolute Gasteiger partial charge is 0.480 e. The quantitative estimate of drug-likeness (QED) is 0.0410. The number of carbonyl (C=O) groups is 6. The highest BCUT2D eigenvalue weighted by Gasteiger charge is 2.31. The van der Waals surface area contributed by atoms with Crippen molar-refractivity contribution in [2.24, 2.45) is 0 Å². The van der Waals surface area contributed by atoms with Crippen LogP contribution in [-0.2, 0) is 47.6 Å². The van der Waals surface area contributed by atoms with Crippen LogP contribution in [0.3, 0.4) is 0 Å². The molecule has 6 N–H and O–H groups in total. The summed E-state index contributed by atoms with van der Waals surface area (Å²) in [6.45, 7) is 5.75. The number of rotatable bonds is 30. The molecule has 2 aliphatic carbocycles.